The molecule has 0 aromatic heterocycles. The molecule has 9 nitrogen and oxygen atoms in total. The van der Waals surface area contributed by atoms with Crippen molar-refractivity contribution in [3.63, 3.8) is 0 Å². The molecule has 27 heavy (non-hydrogen) atoms. The third-order valence-corrected chi connectivity index (χ3v) is 6.36. The molecule has 0 radical (unpaired) electrons. The summed E-state index contributed by atoms with van der Waals surface area (Å²) in [6.45, 7) is 4.18. The Hall–Kier alpha value is -2.46. The van der Waals surface area contributed by atoms with Crippen molar-refractivity contribution in [2.45, 2.75) is 31.2 Å². The van der Waals surface area contributed by atoms with E-state index in [-0.39, 0.29) is 35.9 Å². The van der Waals surface area contributed by atoms with Gasteiger partial charge in [0.05, 0.1) is 4.90 Å². The van der Waals surface area contributed by atoms with Crippen LogP contribution in [0.15, 0.2) is 29.2 Å². The fraction of sp³-hybridized carbons (Fsp3) is 0.471. The first-order valence-electron chi connectivity index (χ1n) is 8.56. The van der Waals surface area contributed by atoms with Crippen LogP contribution in [0.25, 0.3) is 0 Å². The minimum Gasteiger partial charge on any atom is -0.480 e. The Kier molecular flexibility index (Phi) is 6.55. The van der Waals surface area contributed by atoms with E-state index < -0.39 is 27.9 Å². The molecule has 1 aliphatic heterocycles. The van der Waals surface area contributed by atoms with E-state index in [1.165, 1.54) is 35.5 Å². The second-order valence-corrected chi connectivity index (χ2v) is 8.14. The zero-order valence-electron chi connectivity index (χ0n) is 15.2. The number of aliphatic carboxylic acids is 1. The predicted octanol–water partition coefficient (Wildman–Crippen LogP) is 0.132. The first-order chi connectivity index (χ1) is 12.7. The van der Waals surface area contributed by atoms with Crippen LogP contribution in [-0.2, 0) is 19.6 Å². The smallest absolute Gasteiger partial charge is 0.326 e. The van der Waals surface area contributed by atoms with Crippen LogP contribution < -0.4 is 5.32 Å². The summed E-state index contributed by atoms with van der Waals surface area (Å²) in [5.74, 6) is -1.80. The Balaban J connectivity index is 2.09. The first-order valence-corrected chi connectivity index (χ1v) is 10.00. The summed E-state index contributed by atoms with van der Waals surface area (Å²) in [7, 11) is -3.73. The number of nitrogens with one attached hydrogen (secondary N) is 1. The highest BCUT2D eigenvalue weighted by molar-refractivity contribution is 7.89. The fourth-order valence-corrected chi connectivity index (χ4v) is 4.17. The van der Waals surface area contributed by atoms with Crippen molar-refractivity contribution in [2.24, 2.45) is 0 Å². The number of rotatable bonds is 6. The van der Waals surface area contributed by atoms with E-state index in [0.717, 1.165) is 0 Å². The van der Waals surface area contributed by atoms with E-state index >= 15 is 0 Å². The van der Waals surface area contributed by atoms with Gasteiger partial charge < -0.3 is 15.3 Å². The Morgan fingerprint density at radius 1 is 1.11 bits per heavy atom. The van der Waals surface area contributed by atoms with E-state index in [4.69, 9.17) is 5.11 Å². The lowest BCUT2D eigenvalue weighted by Gasteiger charge is -2.33. The summed E-state index contributed by atoms with van der Waals surface area (Å²) in [5, 5.41) is 11.4. The third-order valence-electron chi connectivity index (χ3n) is 4.45. The molecule has 0 saturated carbocycles. The van der Waals surface area contributed by atoms with Crippen LogP contribution in [-0.4, -0.2) is 72.7 Å². The van der Waals surface area contributed by atoms with Gasteiger partial charge in [0, 0.05) is 38.7 Å². The monoisotopic (exact) mass is 397 g/mol. The standard InChI is InChI=1S/C17H23N3O6S/c1-3-15(17(23)24)18-16(22)13-4-6-14(7-5-13)27(25,26)20-10-8-19(9-11-20)12(2)21/h4-7,15H,3,8-11H2,1-2H3,(H,18,22)(H,23,24). The predicted molar refractivity (Wildman–Crippen MR) is 96.6 cm³/mol. The first kappa shape index (κ1) is 20.8. The molecular weight excluding hydrogens is 374 g/mol. The third kappa shape index (κ3) is 4.83. The number of piperazine rings is 1. The Morgan fingerprint density at radius 2 is 1.67 bits per heavy atom. The summed E-state index contributed by atoms with van der Waals surface area (Å²) < 4.78 is 26.7. The van der Waals surface area contributed by atoms with Crippen molar-refractivity contribution >= 4 is 27.8 Å². The lowest BCUT2D eigenvalue weighted by atomic mass is 10.1. The number of benzene rings is 1. The van der Waals surface area contributed by atoms with E-state index in [1.807, 2.05) is 0 Å². The minimum atomic E-state index is -3.73. The van der Waals surface area contributed by atoms with Crippen LogP contribution in [0.5, 0.6) is 0 Å². The summed E-state index contributed by atoms with van der Waals surface area (Å²) in [6, 6.07) is 4.34. The zero-order valence-corrected chi connectivity index (χ0v) is 16.0. The molecule has 1 heterocycles. The molecule has 0 bridgehead atoms. The van der Waals surface area contributed by atoms with Gasteiger partial charge in [-0.2, -0.15) is 4.31 Å². The van der Waals surface area contributed by atoms with Gasteiger partial charge in [-0.15, -0.1) is 0 Å². The molecule has 2 rings (SSSR count). The Labute approximate surface area is 158 Å². The molecule has 2 amide bonds. The second-order valence-electron chi connectivity index (χ2n) is 6.21. The summed E-state index contributed by atoms with van der Waals surface area (Å²) in [5.41, 5.74) is 0.176. The summed E-state index contributed by atoms with van der Waals surface area (Å²) in [4.78, 5) is 36.1. The normalized spacial score (nSPS) is 16.6. The quantitative estimate of drug-likeness (QED) is 0.703. The Bertz CT molecular complexity index is 814. The average Bonchev–Trinajstić information content (AvgIpc) is 2.65. The van der Waals surface area contributed by atoms with Crippen LogP contribution in [0.1, 0.15) is 30.6 Å². The SMILES string of the molecule is CCC(NC(=O)c1ccc(S(=O)(=O)N2CCN(C(C)=O)CC2)cc1)C(=O)O. The van der Waals surface area contributed by atoms with Crippen LogP contribution in [0.4, 0.5) is 0 Å². The molecular formula is C17H23N3O6S. The average molecular weight is 397 g/mol. The van der Waals surface area contributed by atoms with E-state index in [1.54, 1.807) is 11.8 Å². The highest BCUT2D eigenvalue weighted by Gasteiger charge is 2.29. The van der Waals surface area contributed by atoms with Gasteiger partial charge in [-0.05, 0) is 30.7 Å². The van der Waals surface area contributed by atoms with Crippen LogP contribution in [0.2, 0.25) is 0 Å². The maximum atomic E-state index is 12.7. The fourth-order valence-electron chi connectivity index (χ4n) is 2.75. The molecule has 148 valence electrons. The lowest BCUT2D eigenvalue weighted by molar-refractivity contribution is -0.139. The van der Waals surface area contributed by atoms with E-state index in [9.17, 15) is 22.8 Å². The number of carbonyl (C=O) groups excluding carboxylic acids is 2. The van der Waals surface area contributed by atoms with E-state index in [0.29, 0.717) is 13.1 Å². The highest BCUT2D eigenvalue weighted by atomic mass is 32.2. The van der Waals surface area contributed by atoms with Crippen LogP contribution in [0, 0.1) is 0 Å². The van der Waals surface area contributed by atoms with E-state index in [2.05, 4.69) is 5.32 Å². The molecule has 10 heteroatoms. The molecule has 2 N–H and O–H groups in total. The molecule has 1 aromatic rings. The second kappa shape index (κ2) is 8.49. The molecule has 1 saturated heterocycles. The highest BCUT2D eigenvalue weighted by Crippen LogP contribution is 2.18. The molecule has 1 fully saturated rings. The van der Waals surface area contributed by atoms with Gasteiger partial charge in [-0.1, -0.05) is 6.92 Å². The summed E-state index contributed by atoms with van der Waals surface area (Å²) in [6.07, 6.45) is 0.236. The number of sulfonamides is 1. The number of amides is 2. The minimum absolute atomic E-state index is 0.0422. The van der Waals surface area contributed by atoms with Gasteiger partial charge in [0.15, 0.2) is 0 Å². The van der Waals surface area contributed by atoms with Crippen molar-refractivity contribution in [3.05, 3.63) is 29.8 Å². The van der Waals surface area contributed by atoms with Gasteiger partial charge in [0.1, 0.15) is 6.04 Å². The molecule has 0 spiro atoms. The van der Waals surface area contributed by atoms with Crippen molar-refractivity contribution in [3.8, 4) is 0 Å². The van der Waals surface area contributed by atoms with Crippen molar-refractivity contribution in [1.82, 2.24) is 14.5 Å². The van der Waals surface area contributed by atoms with Crippen molar-refractivity contribution in [2.75, 3.05) is 26.2 Å². The largest absolute Gasteiger partial charge is 0.480 e. The maximum absolute atomic E-state index is 12.7. The lowest BCUT2D eigenvalue weighted by Crippen LogP contribution is -2.49. The van der Waals surface area contributed by atoms with Gasteiger partial charge in [-0.25, -0.2) is 13.2 Å². The number of carboxylic acids is 1. The number of nitrogens with zero attached hydrogens (tertiary/aromatic N) is 2. The molecule has 0 aliphatic carbocycles. The van der Waals surface area contributed by atoms with Crippen molar-refractivity contribution < 1.29 is 27.9 Å². The molecule has 1 aromatic carbocycles. The Morgan fingerprint density at radius 3 is 2.11 bits per heavy atom. The van der Waals surface area contributed by atoms with Crippen molar-refractivity contribution in [1.29, 1.82) is 0 Å². The molecule has 1 aliphatic rings. The number of carbonyl (C=O) groups is 3. The van der Waals surface area contributed by atoms with Gasteiger partial charge in [-0.3, -0.25) is 9.59 Å². The molecule has 1 unspecified atom stereocenters. The zero-order chi connectivity index (χ0) is 20.2. The van der Waals surface area contributed by atoms with Crippen LogP contribution in [0.3, 0.4) is 0 Å². The number of hydrogen-bond acceptors (Lipinski definition) is 5. The van der Waals surface area contributed by atoms with Crippen LogP contribution >= 0.6 is 0 Å². The number of hydrogen-bond donors (Lipinski definition) is 2. The topological polar surface area (TPSA) is 124 Å². The van der Waals surface area contributed by atoms with Gasteiger partial charge in [0.2, 0.25) is 15.9 Å². The number of carboxylic acid groups (broad SMARTS) is 1. The maximum Gasteiger partial charge on any atom is 0.326 e. The van der Waals surface area contributed by atoms with Gasteiger partial charge >= 0.3 is 5.97 Å². The molecule has 1 atom stereocenters. The summed E-state index contributed by atoms with van der Waals surface area (Å²) >= 11 is 0. The van der Waals surface area contributed by atoms with Gasteiger partial charge in [0.25, 0.3) is 5.91 Å².